The van der Waals surface area contributed by atoms with Crippen LogP contribution in [0.4, 0.5) is 5.69 Å². The zero-order valence-electron chi connectivity index (χ0n) is 16.1. The predicted molar refractivity (Wildman–Crippen MR) is 113 cm³/mol. The summed E-state index contributed by atoms with van der Waals surface area (Å²) in [5, 5.41) is 3.85. The van der Waals surface area contributed by atoms with Crippen molar-refractivity contribution in [1.82, 2.24) is 4.98 Å². The van der Waals surface area contributed by atoms with Crippen molar-refractivity contribution in [2.75, 3.05) is 11.9 Å². The normalized spacial score (nSPS) is 15.6. The maximum Gasteiger partial charge on any atom is 0.339 e. The van der Waals surface area contributed by atoms with Crippen LogP contribution >= 0.6 is 11.6 Å². The lowest BCUT2D eigenvalue weighted by Crippen LogP contribution is -2.23. The van der Waals surface area contributed by atoms with Gasteiger partial charge in [0.1, 0.15) is 0 Å². The highest BCUT2D eigenvalue weighted by Gasteiger charge is 2.26. The minimum atomic E-state index is -0.497. The van der Waals surface area contributed by atoms with Crippen molar-refractivity contribution in [2.24, 2.45) is 5.92 Å². The molecule has 0 saturated carbocycles. The third kappa shape index (κ3) is 4.10. The van der Waals surface area contributed by atoms with E-state index >= 15 is 0 Å². The van der Waals surface area contributed by atoms with Gasteiger partial charge in [0.15, 0.2) is 6.61 Å². The number of rotatable bonds is 4. The van der Waals surface area contributed by atoms with Gasteiger partial charge in [0.05, 0.1) is 21.8 Å². The standard InChI is InChI=1S/C23H21ClN2O3/c1-14-10-11-19-16(12-14)22(15-6-2-4-8-18(15)25-19)23(28)29-13-21(27)26-20-9-5-3-7-17(20)24/h2-9,14H,10-13H2,1H3,(H,26,27). The number of para-hydroxylation sites is 2. The fraction of sp³-hybridized carbons (Fsp3) is 0.261. The van der Waals surface area contributed by atoms with Gasteiger partial charge in [0.25, 0.3) is 5.91 Å². The molecule has 5 nitrogen and oxygen atoms in total. The maximum atomic E-state index is 13.0. The Balaban J connectivity index is 1.57. The Morgan fingerprint density at radius 1 is 1.17 bits per heavy atom. The molecule has 0 saturated heterocycles. The van der Waals surface area contributed by atoms with Gasteiger partial charge in [-0.25, -0.2) is 4.79 Å². The molecular formula is C23H21ClN2O3. The molecule has 0 bridgehead atoms. The van der Waals surface area contributed by atoms with Crippen molar-refractivity contribution in [2.45, 2.75) is 26.2 Å². The highest BCUT2D eigenvalue weighted by Crippen LogP contribution is 2.32. The van der Waals surface area contributed by atoms with E-state index in [0.717, 1.165) is 41.4 Å². The van der Waals surface area contributed by atoms with Gasteiger partial charge >= 0.3 is 5.97 Å². The number of aryl methyl sites for hydroxylation is 1. The predicted octanol–water partition coefficient (Wildman–Crippen LogP) is 4.81. The molecule has 1 aliphatic rings. The van der Waals surface area contributed by atoms with Gasteiger partial charge in [-0.2, -0.15) is 0 Å². The number of halogens is 1. The topological polar surface area (TPSA) is 68.3 Å². The smallest absolute Gasteiger partial charge is 0.339 e. The molecule has 1 heterocycles. The number of anilines is 1. The Kier molecular flexibility index (Phi) is 5.49. The lowest BCUT2D eigenvalue weighted by Gasteiger charge is -2.24. The monoisotopic (exact) mass is 408 g/mol. The molecule has 6 heteroatoms. The van der Waals surface area contributed by atoms with E-state index in [1.807, 2.05) is 24.3 Å². The van der Waals surface area contributed by atoms with E-state index in [2.05, 4.69) is 12.2 Å². The Bertz CT molecular complexity index is 1100. The average molecular weight is 409 g/mol. The number of esters is 1. The Labute approximate surface area is 174 Å². The van der Waals surface area contributed by atoms with Gasteiger partial charge in [0.2, 0.25) is 0 Å². The maximum absolute atomic E-state index is 13.0. The summed E-state index contributed by atoms with van der Waals surface area (Å²) in [6.45, 7) is 1.79. The van der Waals surface area contributed by atoms with Gasteiger partial charge in [-0.15, -0.1) is 0 Å². The van der Waals surface area contributed by atoms with Crippen molar-refractivity contribution in [1.29, 1.82) is 0 Å². The first-order valence-corrected chi connectivity index (χ1v) is 10.0. The number of ether oxygens (including phenoxy) is 1. The number of fused-ring (bicyclic) bond motifs is 2. The van der Waals surface area contributed by atoms with Gasteiger partial charge < -0.3 is 10.1 Å². The first-order chi connectivity index (χ1) is 14.0. The van der Waals surface area contributed by atoms with E-state index in [1.165, 1.54) is 0 Å². The van der Waals surface area contributed by atoms with Crippen LogP contribution in [-0.4, -0.2) is 23.5 Å². The van der Waals surface area contributed by atoms with Crippen molar-refractivity contribution in [3.05, 3.63) is 70.4 Å². The number of hydrogen-bond acceptors (Lipinski definition) is 4. The molecule has 2 aromatic carbocycles. The molecule has 148 valence electrons. The van der Waals surface area contributed by atoms with E-state index < -0.39 is 11.9 Å². The molecule has 1 aliphatic carbocycles. The zero-order chi connectivity index (χ0) is 20.4. The highest BCUT2D eigenvalue weighted by atomic mass is 35.5. The summed E-state index contributed by atoms with van der Waals surface area (Å²) in [6, 6.07) is 14.5. The van der Waals surface area contributed by atoms with Crippen LogP contribution in [-0.2, 0) is 22.4 Å². The van der Waals surface area contributed by atoms with Crippen molar-refractivity contribution < 1.29 is 14.3 Å². The first-order valence-electron chi connectivity index (χ1n) is 9.65. The molecule has 0 spiro atoms. The van der Waals surface area contributed by atoms with Gasteiger partial charge in [-0.05, 0) is 48.9 Å². The lowest BCUT2D eigenvalue weighted by molar-refractivity contribution is -0.119. The lowest BCUT2D eigenvalue weighted by atomic mass is 9.84. The zero-order valence-corrected chi connectivity index (χ0v) is 16.8. The van der Waals surface area contributed by atoms with Crippen molar-refractivity contribution >= 4 is 40.1 Å². The summed E-state index contributed by atoms with van der Waals surface area (Å²) in [6.07, 6.45) is 2.67. The summed E-state index contributed by atoms with van der Waals surface area (Å²) in [5.74, 6) is -0.462. The van der Waals surface area contributed by atoms with Crippen LogP contribution in [0.1, 0.15) is 35.0 Å². The summed E-state index contributed by atoms with van der Waals surface area (Å²) in [5.41, 5.74) is 3.68. The van der Waals surface area contributed by atoms with Crippen molar-refractivity contribution in [3.8, 4) is 0 Å². The Hall–Kier alpha value is -2.92. The molecule has 1 unspecified atom stereocenters. The van der Waals surface area contributed by atoms with Crippen LogP contribution in [0.2, 0.25) is 5.02 Å². The number of pyridine rings is 1. The van der Waals surface area contributed by atoms with Gasteiger partial charge in [0, 0.05) is 11.1 Å². The molecule has 3 aromatic rings. The fourth-order valence-corrected chi connectivity index (χ4v) is 3.93. The van der Waals surface area contributed by atoms with E-state index in [0.29, 0.717) is 22.2 Å². The van der Waals surface area contributed by atoms with Crippen LogP contribution in [0.3, 0.4) is 0 Å². The summed E-state index contributed by atoms with van der Waals surface area (Å²) >= 11 is 6.06. The minimum absolute atomic E-state index is 0.384. The van der Waals surface area contributed by atoms with Crippen LogP contribution in [0.25, 0.3) is 10.9 Å². The highest BCUT2D eigenvalue weighted by molar-refractivity contribution is 6.33. The fourth-order valence-electron chi connectivity index (χ4n) is 3.75. The number of benzene rings is 2. The number of amides is 1. The molecule has 0 fully saturated rings. The SMILES string of the molecule is CC1CCc2nc3ccccc3c(C(=O)OCC(=O)Nc3ccccc3Cl)c2C1. The summed E-state index contributed by atoms with van der Waals surface area (Å²) in [7, 11) is 0. The van der Waals surface area contributed by atoms with E-state index in [9.17, 15) is 9.59 Å². The second-order valence-corrected chi connectivity index (χ2v) is 7.79. The third-order valence-corrected chi connectivity index (χ3v) is 5.52. The van der Waals surface area contributed by atoms with E-state index in [4.69, 9.17) is 21.3 Å². The second-order valence-electron chi connectivity index (χ2n) is 7.38. The number of carbonyl (C=O) groups is 2. The summed E-state index contributed by atoms with van der Waals surface area (Å²) < 4.78 is 5.39. The van der Waals surface area contributed by atoms with E-state index in [-0.39, 0.29) is 6.61 Å². The van der Waals surface area contributed by atoms with Crippen molar-refractivity contribution in [3.63, 3.8) is 0 Å². The van der Waals surface area contributed by atoms with Crippen LogP contribution < -0.4 is 5.32 Å². The number of nitrogens with one attached hydrogen (secondary N) is 1. The third-order valence-electron chi connectivity index (χ3n) is 5.19. The summed E-state index contributed by atoms with van der Waals surface area (Å²) in [4.78, 5) is 30.0. The molecule has 29 heavy (non-hydrogen) atoms. The molecule has 1 aromatic heterocycles. The largest absolute Gasteiger partial charge is 0.452 e. The molecule has 0 aliphatic heterocycles. The van der Waals surface area contributed by atoms with Crippen LogP contribution in [0.15, 0.2) is 48.5 Å². The minimum Gasteiger partial charge on any atom is -0.452 e. The number of carbonyl (C=O) groups excluding carboxylic acids is 2. The van der Waals surface area contributed by atoms with E-state index in [1.54, 1.807) is 24.3 Å². The molecule has 0 radical (unpaired) electrons. The average Bonchev–Trinajstić information content (AvgIpc) is 2.72. The molecular weight excluding hydrogens is 388 g/mol. The number of aromatic nitrogens is 1. The quantitative estimate of drug-likeness (QED) is 0.629. The second kappa shape index (κ2) is 8.21. The van der Waals surface area contributed by atoms with Gasteiger partial charge in [-0.1, -0.05) is 48.9 Å². The number of hydrogen-bond donors (Lipinski definition) is 1. The first kappa shape index (κ1) is 19.4. The number of nitrogens with zero attached hydrogens (tertiary/aromatic N) is 1. The molecule has 4 rings (SSSR count). The molecule has 1 amide bonds. The molecule has 1 atom stereocenters. The van der Waals surface area contributed by atoms with Crippen LogP contribution in [0, 0.1) is 5.92 Å². The Morgan fingerprint density at radius 2 is 1.93 bits per heavy atom. The van der Waals surface area contributed by atoms with Gasteiger partial charge in [-0.3, -0.25) is 9.78 Å². The molecule has 1 N–H and O–H groups in total. The van der Waals surface area contributed by atoms with Crippen LogP contribution in [0.5, 0.6) is 0 Å². The Morgan fingerprint density at radius 3 is 2.76 bits per heavy atom.